The van der Waals surface area contributed by atoms with Gasteiger partial charge in [-0.15, -0.1) is 0 Å². The lowest BCUT2D eigenvalue weighted by Crippen LogP contribution is -2.32. The topological polar surface area (TPSA) is 106 Å². The molecule has 9 heteroatoms. The molecular formula is C20H14N4O4S. The zero-order chi connectivity index (χ0) is 19.8. The molecule has 29 heavy (non-hydrogen) atoms. The molecule has 0 radical (unpaired) electrons. The Morgan fingerprint density at radius 2 is 2.00 bits per heavy atom. The lowest BCUT2D eigenvalue weighted by atomic mass is 10.1. The summed E-state index contributed by atoms with van der Waals surface area (Å²) >= 11 is 1.21. The number of hydrogen-bond donors (Lipinski definition) is 2. The van der Waals surface area contributed by atoms with Gasteiger partial charge < -0.3 is 19.9 Å². The molecule has 0 saturated carbocycles. The van der Waals surface area contributed by atoms with Crippen molar-refractivity contribution in [1.29, 1.82) is 0 Å². The van der Waals surface area contributed by atoms with Gasteiger partial charge in [-0.05, 0) is 30.4 Å². The minimum Gasteiger partial charge on any atom is -0.492 e. The molecule has 0 fully saturated rings. The van der Waals surface area contributed by atoms with Crippen LogP contribution in [0.2, 0.25) is 0 Å². The van der Waals surface area contributed by atoms with Gasteiger partial charge in [0, 0.05) is 23.1 Å². The van der Waals surface area contributed by atoms with E-state index in [0.717, 1.165) is 5.22 Å². The number of nitrogens with zero attached hydrogens (tertiary/aromatic N) is 3. The predicted molar refractivity (Wildman–Crippen MR) is 107 cm³/mol. The number of carbonyl (C=O) groups excluding carboxylic acids is 1. The number of nitrogens with one attached hydrogen (secondary N) is 1. The van der Waals surface area contributed by atoms with Crippen LogP contribution in [0.3, 0.4) is 0 Å². The number of hydrogen-bond acceptors (Lipinski definition) is 8. The first-order valence-corrected chi connectivity index (χ1v) is 9.61. The third-order valence-corrected chi connectivity index (χ3v) is 5.20. The Kier molecular flexibility index (Phi) is 4.21. The van der Waals surface area contributed by atoms with Crippen LogP contribution < -0.4 is 25.4 Å². The number of aromatic nitrogens is 2. The van der Waals surface area contributed by atoms with Crippen LogP contribution in [0.1, 0.15) is 4.88 Å². The van der Waals surface area contributed by atoms with E-state index in [1.807, 2.05) is 6.07 Å². The number of carbonyl (C=O) groups is 1. The molecule has 0 unspecified atom stereocenters. The van der Waals surface area contributed by atoms with Crippen LogP contribution >= 0.6 is 11.3 Å². The van der Waals surface area contributed by atoms with Crippen LogP contribution in [0.15, 0.2) is 47.1 Å². The fraction of sp³-hybridized carbons (Fsp3) is 0.100. The van der Waals surface area contributed by atoms with E-state index in [2.05, 4.69) is 20.3 Å². The summed E-state index contributed by atoms with van der Waals surface area (Å²) < 4.78 is 11.1. The third-order valence-electron chi connectivity index (χ3n) is 4.29. The molecule has 144 valence electrons. The Balaban J connectivity index is 1.50. The fourth-order valence-corrected chi connectivity index (χ4v) is 3.79. The molecule has 1 amide bonds. The van der Waals surface area contributed by atoms with Gasteiger partial charge in [0.2, 0.25) is 5.88 Å². The van der Waals surface area contributed by atoms with Gasteiger partial charge in [-0.2, -0.15) is 4.98 Å². The van der Waals surface area contributed by atoms with E-state index in [4.69, 9.17) is 9.47 Å². The predicted octanol–water partition coefficient (Wildman–Crippen LogP) is 1.78. The molecule has 0 spiro atoms. The maximum Gasteiger partial charge on any atom is 0.277 e. The van der Waals surface area contributed by atoms with E-state index < -0.39 is 5.91 Å². The molecule has 0 aliphatic carbocycles. The monoisotopic (exact) mass is 406 g/mol. The van der Waals surface area contributed by atoms with Gasteiger partial charge in [0.25, 0.3) is 5.91 Å². The molecule has 0 atom stereocenters. The Bertz CT molecular complexity index is 1270. The van der Waals surface area contributed by atoms with Gasteiger partial charge in [-0.25, -0.2) is 9.98 Å². The quantitative estimate of drug-likeness (QED) is 0.639. The molecule has 0 bridgehead atoms. The molecular weight excluding hydrogens is 392 g/mol. The normalized spacial score (nSPS) is 16.0. The van der Waals surface area contributed by atoms with Crippen molar-refractivity contribution >= 4 is 40.3 Å². The van der Waals surface area contributed by atoms with Gasteiger partial charge in [-0.3, -0.25) is 4.79 Å². The Morgan fingerprint density at radius 1 is 1.17 bits per heavy atom. The molecule has 4 heterocycles. The van der Waals surface area contributed by atoms with Crippen molar-refractivity contribution in [1.82, 2.24) is 9.97 Å². The molecule has 3 aromatic rings. The summed E-state index contributed by atoms with van der Waals surface area (Å²) in [6, 6.07) is 8.94. The number of rotatable bonds is 3. The van der Waals surface area contributed by atoms with Crippen LogP contribution in [0.25, 0.3) is 12.2 Å². The molecule has 1 aromatic carbocycles. The minimum atomic E-state index is -0.402. The standard InChI is InChI=1S/C20H14N4O4S/c25-18-12(7-11-8-14-15(10-13(11)22-18)28-6-5-27-14)9-16-19(26)24-20(29-16)23-17-3-1-2-4-21-17/h1-4,7-10,26H,5-6H2,(H,21,23,24). The van der Waals surface area contributed by atoms with Crippen LogP contribution in [-0.2, 0) is 4.79 Å². The summed E-state index contributed by atoms with van der Waals surface area (Å²) in [6.07, 6.45) is 4.94. The largest absolute Gasteiger partial charge is 0.492 e. The van der Waals surface area contributed by atoms with Gasteiger partial charge in [0.15, 0.2) is 16.6 Å². The van der Waals surface area contributed by atoms with Crippen molar-refractivity contribution in [2.45, 2.75) is 0 Å². The van der Waals surface area contributed by atoms with E-state index in [1.54, 1.807) is 42.6 Å². The number of aromatic hydroxyl groups is 1. The summed E-state index contributed by atoms with van der Waals surface area (Å²) in [5, 5.41) is 14.9. The second-order valence-corrected chi connectivity index (χ2v) is 7.29. The zero-order valence-corrected chi connectivity index (χ0v) is 15.8. The smallest absolute Gasteiger partial charge is 0.277 e. The molecule has 8 nitrogen and oxygen atoms in total. The maximum atomic E-state index is 12.5. The molecule has 2 aromatic heterocycles. The van der Waals surface area contributed by atoms with Crippen LogP contribution in [-0.4, -0.2) is 34.2 Å². The summed E-state index contributed by atoms with van der Waals surface area (Å²) in [5.41, 5.74) is 0.345. The first kappa shape index (κ1) is 17.4. The lowest BCUT2D eigenvalue weighted by molar-refractivity contribution is -0.114. The fourth-order valence-electron chi connectivity index (χ4n) is 2.97. The number of amides is 1. The van der Waals surface area contributed by atoms with Crippen LogP contribution in [0.5, 0.6) is 17.4 Å². The SMILES string of the molecule is O=C1N=c2cc3c(cc2=CC1=Cc1sc(Nc2ccccn2)nc1O)OCCO3. The summed E-state index contributed by atoms with van der Waals surface area (Å²) in [5.74, 6) is 1.24. The highest BCUT2D eigenvalue weighted by Gasteiger charge is 2.18. The van der Waals surface area contributed by atoms with Crippen LogP contribution in [0.4, 0.5) is 10.9 Å². The molecule has 2 aliphatic rings. The van der Waals surface area contributed by atoms with E-state index in [9.17, 15) is 9.90 Å². The Hall–Kier alpha value is -3.72. The first-order valence-electron chi connectivity index (χ1n) is 8.80. The molecule has 0 saturated heterocycles. The first-order chi connectivity index (χ1) is 14.2. The van der Waals surface area contributed by atoms with E-state index in [-0.39, 0.29) is 5.88 Å². The average molecular weight is 406 g/mol. The second-order valence-electron chi connectivity index (χ2n) is 6.26. The number of anilines is 2. The molecule has 2 aliphatic heterocycles. The van der Waals surface area contributed by atoms with E-state index >= 15 is 0 Å². The van der Waals surface area contributed by atoms with Crippen molar-refractivity contribution in [2.24, 2.45) is 4.99 Å². The van der Waals surface area contributed by atoms with Crippen molar-refractivity contribution in [3.63, 3.8) is 0 Å². The highest BCUT2D eigenvalue weighted by Crippen LogP contribution is 2.32. The number of fused-ring (bicyclic) bond motifs is 2. The number of ether oxygens (including phenoxy) is 2. The molecule has 2 N–H and O–H groups in total. The van der Waals surface area contributed by atoms with Crippen molar-refractivity contribution < 1.29 is 19.4 Å². The van der Waals surface area contributed by atoms with Gasteiger partial charge in [0.1, 0.15) is 19.0 Å². The molecule has 5 rings (SSSR count). The second kappa shape index (κ2) is 7.02. The number of pyridine rings is 1. The summed E-state index contributed by atoms with van der Waals surface area (Å²) in [7, 11) is 0. The van der Waals surface area contributed by atoms with Gasteiger partial charge in [-0.1, -0.05) is 17.4 Å². The van der Waals surface area contributed by atoms with Gasteiger partial charge >= 0.3 is 0 Å². The average Bonchev–Trinajstić information content (AvgIpc) is 3.06. The third kappa shape index (κ3) is 3.43. The number of benzene rings is 1. The maximum absolute atomic E-state index is 12.5. The Labute approximate surface area is 168 Å². The van der Waals surface area contributed by atoms with Crippen molar-refractivity contribution in [3.05, 3.63) is 57.6 Å². The summed E-state index contributed by atoms with van der Waals surface area (Å²) in [4.78, 5) is 25.3. The zero-order valence-electron chi connectivity index (χ0n) is 15.0. The van der Waals surface area contributed by atoms with Crippen LogP contribution in [0, 0.1) is 0 Å². The van der Waals surface area contributed by atoms with E-state index in [1.165, 1.54) is 11.3 Å². The minimum absolute atomic E-state index is 0.171. The van der Waals surface area contributed by atoms with E-state index in [0.29, 0.717) is 51.5 Å². The number of thiazole rings is 1. The van der Waals surface area contributed by atoms with Gasteiger partial charge in [0.05, 0.1) is 10.2 Å². The highest BCUT2D eigenvalue weighted by molar-refractivity contribution is 7.16. The highest BCUT2D eigenvalue weighted by atomic mass is 32.1. The lowest BCUT2D eigenvalue weighted by Gasteiger charge is -2.18. The Morgan fingerprint density at radius 3 is 2.79 bits per heavy atom. The van der Waals surface area contributed by atoms with Crippen molar-refractivity contribution in [3.8, 4) is 17.4 Å². The summed E-state index contributed by atoms with van der Waals surface area (Å²) in [6.45, 7) is 0.944. The van der Waals surface area contributed by atoms with Crippen molar-refractivity contribution in [2.75, 3.05) is 18.5 Å².